The Labute approximate surface area is 178 Å². The number of fused-ring (bicyclic) bond motifs is 1. The maximum Gasteiger partial charge on any atom is 0.155 e. The predicted molar refractivity (Wildman–Crippen MR) is 114 cm³/mol. The van der Waals surface area contributed by atoms with E-state index in [0.717, 1.165) is 11.8 Å². The number of pyridine rings is 2. The van der Waals surface area contributed by atoms with E-state index >= 15 is 0 Å². The molecule has 0 saturated carbocycles. The van der Waals surface area contributed by atoms with Crippen LogP contribution in [-0.4, -0.2) is 27.7 Å². The highest BCUT2D eigenvalue weighted by Crippen LogP contribution is 2.34. The third kappa shape index (κ3) is 5.27. The van der Waals surface area contributed by atoms with Crippen molar-refractivity contribution >= 4 is 23.0 Å². The highest BCUT2D eigenvalue weighted by Gasteiger charge is 2.15. The molecular weight excluding hydrogens is 403 g/mol. The number of hydrogen-bond donors (Lipinski definition) is 4. The summed E-state index contributed by atoms with van der Waals surface area (Å²) in [6.07, 6.45) is 10.2. The van der Waals surface area contributed by atoms with E-state index in [0.29, 0.717) is 27.2 Å². The number of rotatable bonds is 4. The minimum absolute atomic E-state index is 0.196. The van der Waals surface area contributed by atoms with Crippen molar-refractivity contribution in [1.29, 1.82) is 5.26 Å². The van der Waals surface area contributed by atoms with Crippen molar-refractivity contribution in [1.82, 2.24) is 25.3 Å². The van der Waals surface area contributed by atoms with Gasteiger partial charge in [-0.25, -0.2) is 13.9 Å². The number of piperidine rings is 1. The molecule has 8 nitrogen and oxygen atoms in total. The number of nitrogens with two attached hydrogens (primary N) is 2. The number of hydrogen-bond acceptors (Lipinski definition) is 8. The van der Waals surface area contributed by atoms with Gasteiger partial charge in [0.05, 0.1) is 23.0 Å². The molecule has 4 heterocycles. The minimum Gasteiger partial charge on any atom is -0.397 e. The molecule has 0 unspecified atom stereocenters. The first-order valence-corrected chi connectivity index (χ1v) is 10.3. The van der Waals surface area contributed by atoms with E-state index in [1.807, 2.05) is 0 Å². The normalized spacial score (nSPS) is 14.0. The molecule has 0 atom stereocenters. The van der Waals surface area contributed by atoms with Crippen LogP contribution in [0.15, 0.2) is 52.9 Å². The molecule has 0 amide bonds. The average molecular weight is 427 g/mol. The number of nitrogens with zero attached hydrogens (tertiary/aromatic N) is 4. The lowest BCUT2D eigenvalue weighted by Crippen LogP contribution is -2.21. The average Bonchev–Trinajstić information content (AvgIpc) is 3.20. The van der Waals surface area contributed by atoms with Gasteiger partial charge in [0.2, 0.25) is 0 Å². The fraction of sp³-hybridized carbons (Fsp3) is 0.250. The smallest absolute Gasteiger partial charge is 0.155 e. The summed E-state index contributed by atoms with van der Waals surface area (Å²) >= 11 is 1.10. The van der Waals surface area contributed by atoms with E-state index in [9.17, 15) is 9.65 Å². The molecule has 0 aromatic carbocycles. The van der Waals surface area contributed by atoms with Gasteiger partial charge in [-0.05, 0) is 44.1 Å². The molecule has 6 N–H and O–H groups in total. The van der Waals surface area contributed by atoms with Gasteiger partial charge in [0.1, 0.15) is 11.1 Å². The molecule has 1 aliphatic rings. The first kappa shape index (κ1) is 21.6. The molecule has 4 rings (SSSR count). The molecule has 1 saturated heterocycles. The van der Waals surface area contributed by atoms with Crippen molar-refractivity contribution in [3.05, 3.63) is 59.9 Å². The Morgan fingerprint density at radius 3 is 2.77 bits per heavy atom. The van der Waals surface area contributed by atoms with Crippen LogP contribution in [0.25, 0.3) is 11.2 Å². The molecular formula is C20H23FN8S. The topological polar surface area (TPSA) is 130 Å². The van der Waals surface area contributed by atoms with Crippen LogP contribution in [0, 0.1) is 17.1 Å². The fourth-order valence-corrected chi connectivity index (χ4v) is 3.90. The SMILES string of the molecule is C1CCNCC1.N#Cc1cnn2cc(/C(N)=C/NN)cc(Sc3ncccc3F)c12. The lowest BCUT2D eigenvalue weighted by atomic mass is 10.2. The standard InChI is InChI=1S/C15H12FN7S.C5H11N/c16-11-2-1-3-20-15(11)24-13-4-9(12(18)7-21-19)8-23-14(13)10(5-17)6-22-23;1-2-4-6-5-3-1/h1-4,6-8,21H,18-19H2;6H,1-5H2/b12-7-;. The molecule has 1 aliphatic heterocycles. The number of nitriles is 1. The second kappa shape index (κ2) is 10.6. The summed E-state index contributed by atoms with van der Waals surface area (Å²) in [4.78, 5) is 4.63. The van der Waals surface area contributed by atoms with Gasteiger partial charge in [0, 0.05) is 29.1 Å². The van der Waals surface area contributed by atoms with Gasteiger partial charge < -0.3 is 16.5 Å². The van der Waals surface area contributed by atoms with E-state index < -0.39 is 5.82 Å². The molecule has 1 fully saturated rings. The van der Waals surface area contributed by atoms with Crippen LogP contribution in [0.1, 0.15) is 30.4 Å². The van der Waals surface area contributed by atoms with E-state index in [1.165, 1.54) is 67.6 Å². The molecule has 3 aromatic heterocycles. The summed E-state index contributed by atoms with van der Waals surface area (Å²) in [5.41, 5.74) is 10.2. The highest BCUT2D eigenvalue weighted by atomic mass is 32.2. The maximum absolute atomic E-state index is 13.9. The Kier molecular flexibility index (Phi) is 7.62. The Balaban J connectivity index is 0.000000367. The summed E-state index contributed by atoms with van der Waals surface area (Å²) in [5, 5.41) is 16.9. The van der Waals surface area contributed by atoms with E-state index in [4.69, 9.17) is 11.6 Å². The second-order valence-corrected chi connectivity index (χ2v) is 7.56. The highest BCUT2D eigenvalue weighted by molar-refractivity contribution is 7.99. The number of halogens is 1. The van der Waals surface area contributed by atoms with Gasteiger partial charge in [0.15, 0.2) is 5.82 Å². The number of hydrazine groups is 1. The van der Waals surface area contributed by atoms with E-state index in [2.05, 4.69) is 26.9 Å². The van der Waals surface area contributed by atoms with Crippen LogP contribution in [0.2, 0.25) is 0 Å². The zero-order valence-corrected chi connectivity index (χ0v) is 17.1. The molecule has 0 spiro atoms. The second-order valence-electron chi connectivity index (χ2n) is 6.53. The van der Waals surface area contributed by atoms with E-state index in [1.54, 1.807) is 12.3 Å². The first-order valence-electron chi connectivity index (χ1n) is 9.46. The lowest BCUT2D eigenvalue weighted by molar-refractivity contribution is 0.520. The van der Waals surface area contributed by atoms with Crippen LogP contribution in [-0.2, 0) is 0 Å². The Morgan fingerprint density at radius 1 is 1.37 bits per heavy atom. The van der Waals surface area contributed by atoms with E-state index in [-0.39, 0.29) is 5.03 Å². The van der Waals surface area contributed by atoms with Gasteiger partial charge in [-0.15, -0.1) is 0 Å². The number of nitrogens with one attached hydrogen (secondary N) is 2. The van der Waals surface area contributed by atoms with Crippen molar-refractivity contribution in [2.75, 3.05) is 13.1 Å². The van der Waals surface area contributed by atoms with Crippen LogP contribution in [0.3, 0.4) is 0 Å². The molecule has 10 heteroatoms. The zero-order valence-electron chi connectivity index (χ0n) is 16.3. The molecule has 0 bridgehead atoms. The molecule has 3 aromatic rings. The quantitative estimate of drug-likeness (QED) is 0.369. The fourth-order valence-electron chi connectivity index (χ4n) is 2.93. The van der Waals surface area contributed by atoms with Crippen molar-refractivity contribution < 1.29 is 4.39 Å². The van der Waals surface area contributed by atoms with Crippen molar-refractivity contribution in [3.63, 3.8) is 0 Å². The van der Waals surface area contributed by atoms with Crippen molar-refractivity contribution in [2.45, 2.75) is 29.2 Å². The summed E-state index contributed by atoms with van der Waals surface area (Å²) < 4.78 is 15.5. The predicted octanol–water partition coefficient (Wildman–Crippen LogP) is 2.37. The summed E-state index contributed by atoms with van der Waals surface area (Å²) in [6, 6.07) is 6.65. The third-order valence-electron chi connectivity index (χ3n) is 4.41. The van der Waals surface area contributed by atoms with Crippen molar-refractivity contribution in [2.24, 2.45) is 11.6 Å². The Morgan fingerprint density at radius 2 is 2.17 bits per heavy atom. The number of aromatic nitrogens is 3. The van der Waals surface area contributed by atoms with Crippen molar-refractivity contribution in [3.8, 4) is 6.07 Å². The summed E-state index contributed by atoms with van der Waals surface area (Å²) in [7, 11) is 0. The van der Waals surface area contributed by atoms with Crippen LogP contribution in [0.4, 0.5) is 4.39 Å². The molecule has 0 radical (unpaired) electrons. The summed E-state index contributed by atoms with van der Waals surface area (Å²) in [5.74, 6) is 4.80. The molecule has 30 heavy (non-hydrogen) atoms. The zero-order chi connectivity index (χ0) is 21.3. The van der Waals surface area contributed by atoms with Crippen LogP contribution in [0.5, 0.6) is 0 Å². The minimum atomic E-state index is -0.448. The lowest BCUT2D eigenvalue weighted by Gasteiger charge is -2.09. The maximum atomic E-state index is 13.9. The molecule has 0 aliphatic carbocycles. The first-order chi connectivity index (χ1) is 14.6. The van der Waals surface area contributed by atoms with Gasteiger partial charge in [-0.2, -0.15) is 10.4 Å². The Hall–Kier alpha value is -3.13. The van der Waals surface area contributed by atoms with Gasteiger partial charge >= 0.3 is 0 Å². The summed E-state index contributed by atoms with van der Waals surface area (Å²) in [6.45, 7) is 2.50. The molecule has 156 valence electrons. The van der Waals surface area contributed by atoms with Crippen LogP contribution >= 0.6 is 11.8 Å². The van der Waals surface area contributed by atoms with Gasteiger partial charge in [0.25, 0.3) is 0 Å². The Bertz CT molecular complexity index is 1060. The van der Waals surface area contributed by atoms with Gasteiger partial charge in [-0.3, -0.25) is 5.84 Å². The monoisotopic (exact) mass is 426 g/mol. The van der Waals surface area contributed by atoms with Crippen LogP contribution < -0.4 is 22.3 Å². The largest absolute Gasteiger partial charge is 0.397 e. The van der Waals surface area contributed by atoms with Gasteiger partial charge in [-0.1, -0.05) is 18.2 Å². The third-order valence-corrected chi connectivity index (χ3v) is 5.43.